The quantitative estimate of drug-likeness (QED) is 0.527. The molecule has 0 aliphatic rings. The Labute approximate surface area is 132 Å². The molecule has 2 heterocycles. The molecule has 0 amide bonds. The minimum absolute atomic E-state index is 0.402. The van der Waals surface area contributed by atoms with Crippen molar-refractivity contribution in [2.75, 3.05) is 0 Å². The first-order valence-electron chi connectivity index (χ1n) is 6.12. The molecule has 0 saturated heterocycles. The number of nitrogens with one attached hydrogen (secondary N) is 2. The predicted octanol–water partition coefficient (Wildman–Crippen LogP) is 1.31. The van der Waals surface area contributed by atoms with Crippen LogP contribution in [-0.4, -0.2) is 14.5 Å². The molecule has 108 valence electrons. The average Bonchev–Trinajstić information content (AvgIpc) is 2.77. The zero-order valence-corrected chi connectivity index (χ0v) is 13.3. The zero-order valence-electron chi connectivity index (χ0n) is 11.0. The van der Waals surface area contributed by atoms with Crippen LogP contribution < -0.4 is 15.8 Å². The van der Waals surface area contributed by atoms with Gasteiger partial charge in [0.2, 0.25) is 0 Å². The molecule has 0 unspecified atom stereocenters. The molecular formula is C13H11BrClN4O2+. The number of aromatic amines is 2. The highest BCUT2D eigenvalue weighted by Crippen LogP contribution is 2.12. The van der Waals surface area contributed by atoms with Crippen molar-refractivity contribution in [1.29, 1.82) is 0 Å². The maximum atomic E-state index is 12.1. The molecule has 0 saturated carbocycles. The van der Waals surface area contributed by atoms with Crippen molar-refractivity contribution >= 4 is 38.7 Å². The molecule has 3 rings (SSSR count). The third-order valence-corrected chi connectivity index (χ3v) is 4.16. The van der Waals surface area contributed by atoms with E-state index in [-0.39, 0.29) is 0 Å². The second kappa shape index (κ2) is 5.16. The normalized spacial score (nSPS) is 11.2. The second-order valence-electron chi connectivity index (χ2n) is 4.64. The highest BCUT2D eigenvalue weighted by Gasteiger charge is 2.22. The van der Waals surface area contributed by atoms with Crippen LogP contribution in [0.2, 0.25) is 5.02 Å². The first kappa shape index (κ1) is 14.1. The molecule has 2 aromatic heterocycles. The Morgan fingerprint density at radius 1 is 1.24 bits per heavy atom. The van der Waals surface area contributed by atoms with E-state index < -0.39 is 11.2 Å². The second-order valence-corrected chi connectivity index (χ2v) is 5.83. The minimum atomic E-state index is -0.458. The lowest BCUT2D eigenvalue weighted by molar-refractivity contribution is -0.674. The molecule has 1 aromatic carbocycles. The van der Waals surface area contributed by atoms with Gasteiger partial charge in [0.25, 0.3) is 11.2 Å². The van der Waals surface area contributed by atoms with Crippen molar-refractivity contribution in [3.63, 3.8) is 0 Å². The van der Waals surface area contributed by atoms with Gasteiger partial charge in [-0.3, -0.25) is 14.3 Å². The lowest BCUT2D eigenvalue weighted by Crippen LogP contribution is -2.40. The zero-order chi connectivity index (χ0) is 15.1. The van der Waals surface area contributed by atoms with Crippen molar-refractivity contribution in [1.82, 2.24) is 14.5 Å². The number of aromatic nitrogens is 4. The first-order chi connectivity index (χ1) is 9.97. The summed E-state index contributed by atoms with van der Waals surface area (Å²) >= 11 is 9.26. The van der Waals surface area contributed by atoms with Crippen LogP contribution in [0.15, 0.2) is 38.6 Å². The van der Waals surface area contributed by atoms with E-state index in [1.807, 2.05) is 12.1 Å². The van der Waals surface area contributed by atoms with Gasteiger partial charge in [-0.25, -0.2) is 14.3 Å². The number of halogens is 2. The average molecular weight is 371 g/mol. The molecule has 0 spiro atoms. The summed E-state index contributed by atoms with van der Waals surface area (Å²) in [5.41, 5.74) is 0.965. The van der Waals surface area contributed by atoms with Gasteiger partial charge in [-0.2, -0.15) is 0 Å². The third-order valence-electron chi connectivity index (χ3n) is 3.28. The maximum absolute atomic E-state index is 12.1. The SMILES string of the molecule is Cn1c(=O)[nH]c(=O)c2c1[nH]c(Br)[n+]2Cc1ccc(Cl)cc1. The van der Waals surface area contributed by atoms with Gasteiger partial charge in [0, 0.05) is 28.0 Å². The smallest absolute Gasteiger partial charge is 0.270 e. The fourth-order valence-electron chi connectivity index (χ4n) is 2.19. The van der Waals surface area contributed by atoms with Crippen LogP contribution >= 0.6 is 27.5 Å². The summed E-state index contributed by atoms with van der Waals surface area (Å²) in [6.45, 7) is 0.471. The van der Waals surface area contributed by atoms with Crippen LogP contribution in [0.4, 0.5) is 0 Å². The van der Waals surface area contributed by atoms with E-state index >= 15 is 0 Å². The van der Waals surface area contributed by atoms with E-state index in [0.717, 1.165) is 5.56 Å². The van der Waals surface area contributed by atoms with Gasteiger partial charge in [0.1, 0.15) is 6.54 Å². The topological polar surface area (TPSA) is 74.5 Å². The Kier molecular flexibility index (Phi) is 3.46. The standard InChI is InChI=1S/C13H10BrClN4O2/c1-18-10-9(11(20)17-13(18)21)19(12(14)16-10)6-7-2-4-8(15)5-3-7/h2-5H,6H2,1H3,(H,17,20,21)/p+1. The monoisotopic (exact) mass is 369 g/mol. The number of aryl methyl sites for hydroxylation is 1. The summed E-state index contributed by atoms with van der Waals surface area (Å²) in [6, 6.07) is 7.36. The van der Waals surface area contributed by atoms with Gasteiger partial charge in [-0.05, 0) is 17.7 Å². The van der Waals surface area contributed by atoms with Gasteiger partial charge in [0.15, 0.2) is 0 Å². The number of H-pyrrole nitrogens is 2. The van der Waals surface area contributed by atoms with Crippen molar-refractivity contribution in [2.24, 2.45) is 7.05 Å². The number of nitrogens with zero attached hydrogens (tertiary/aromatic N) is 2. The van der Waals surface area contributed by atoms with Crippen molar-refractivity contribution < 1.29 is 4.57 Å². The molecule has 6 nitrogen and oxygen atoms in total. The van der Waals surface area contributed by atoms with E-state index in [1.165, 1.54) is 4.57 Å². The first-order valence-corrected chi connectivity index (χ1v) is 7.29. The Morgan fingerprint density at radius 3 is 2.57 bits per heavy atom. The van der Waals surface area contributed by atoms with Crippen LogP contribution in [0, 0.1) is 0 Å². The van der Waals surface area contributed by atoms with Crippen LogP contribution in [0.25, 0.3) is 11.2 Å². The summed E-state index contributed by atoms with van der Waals surface area (Å²) in [7, 11) is 1.59. The van der Waals surface area contributed by atoms with Crippen molar-refractivity contribution in [3.05, 3.63) is 60.4 Å². The molecule has 0 fully saturated rings. The Morgan fingerprint density at radius 2 is 1.90 bits per heavy atom. The summed E-state index contributed by atoms with van der Waals surface area (Å²) in [5, 5.41) is 0.655. The molecule has 0 atom stereocenters. The van der Waals surface area contributed by atoms with Gasteiger partial charge in [-0.15, -0.1) is 0 Å². The molecule has 2 N–H and O–H groups in total. The largest absolute Gasteiger partial charge is 0.331 e. The van der Waals surface area contributed by atoms with Gasteiger partial charge >= 0.3 is 16.0 Å². The fraction of sp³-hybridized carbons (Fsp3) is 0.154. The number of benzene rings is 1. The van der Waals surface area contributed by atoms with Crippen LogP contribution in [0.3, 0.4) is 0 Å². The van der Waals surface area contributed by atoms with Crippen molar-refractivity contribution in [3.8, 4) is 0 Å². The molecule has 0 bridgehead atoms. The molecule has 8 heteroatoms. The summed E-state index contributed by atoms with van der Waals surface area (Å²) < 4.78 is 3.73. The number of fused-ring (bicyclic) bond motifs is 1. The molecule has 3 aromatic rings. The summed E-state index contributed by atoms with van der Waals surface area (Å²) in [5.74, 6) is 0. The molecular weight excluding hydrogens is 360 g/mol. The third kappa shape index (κ3) is 2.43. The Balaban J connectivity index is 2.21. The fourth-order valence-corrected chi connectivity index (χ4v) is 2.80. The Bertz CT molecular complexity index is 940. The molecule has 0 radical (unpaired) electrons. The van der Waals surface area contributed by atoms with E-state index in [2.05, 4.69) is 25.9 Å². The predicted molar refractivity (Wildman–Crippen MR) is 82.6 cm³/mol. The van der Waals surface area contributed by atoms with E-state index in [0.29, 0.717) is 27.5 Å². The Hall–Kier alpha value is -1.86. The van der Waals surface area contributed by atoms with E-state index in [9.17, 15) is 9.59 Å². The molecule has 0 aliphatic carbocycles. The number of hydrogen-bond donors (Lipinski definition) is 2. The summed E-state index contributed by atoms with van der Waals surface area (Å²) in [6.07, 6.45) is 0. The lowest BCUT2D eigenvalue weighted by Gasteiger charge is -2.00. The van der Waals surface area contributed by atoms with Crippen LogP contribution in [0.5, 0.6) is 0 Å². The van der Waals surface area contributed by atoms with E-state index in [1.54, 1.807) is 23.7 Å². The van der Waals surface area contributed by atoms with Gasteiger partial charge < -0.3 is 0 Å². The highest BCUT2D eigenvalue weighted by atomic mass is 79.9. The molecule has 0 aliphatic heterocycles. The van der Waals surface area contributed by atoms with Crippen LogP contribution in [-0.2, 0) is 13.6 Å². The number of imidazole rings is 1. The molecule has 21 heavy (non-hydrogen) atoms. The maximum Gasteiger partial charge on any atom is 0.331 e. The number of hydrogen-bond acceptors (Lipinski definition) is 2. The van der Waals surface area contributed by atoms with E-state index in [4.69, 9.17) is 11.6 Å². The van der Waals surface area contributed by atoms with Gasteiger partial charge in [0.05, 0.1) is 0 Å². The lowest BCUT2D eigenvalue weighted by atomic mass is 10.2. The van der Waals surface area contributed by atoms with Crippen molar-refractivity contribution in [2.45, 2.75) is 6.54 Å². The van der Waals surface area contributed by atoms with Crippen LogP contribution in [0.1, 0.15) is 5.56 Å². The minimum Gasteiger partial charge on any atom is -0.270 e. The van der Waals surface area contributed by atoms with Gasteiger partial charge in [-0.1, -0.05) is 23.7 Å². The number of rotatable bonds is 2. The summed E-state index contributed by atoms with van der Waals surface area (Å²) in [4.78, 5) is 29.0. The highest BCUT2D eigenvalue weighted by molar-refractivity contribution is 9.10.